The van der Waals surface area contributed by atoms with Gasteiger partial charge in [-0.05, 0) is 27.7 Å². The Labute approximate surface area is 98.9 Å². The summed E-state index contributed by atoms with van der Waals surface area (Å²) in [5.74, 6) is -1.72. The topological polar surface area (TPSA) is 52.6 Å². The van der Waals surface area contributed by atoms with E-state index < -0.39 is 23.0 Å². The molecule has 16 heavy (non-hydrogen) atoms. The van der Waals surface area contributed by atoms with E-state index in [0.717, 1.165) is 0 Å². The molecule has 0 aliphatic carbocycles. The number of rotatable bonds is 5. The number of thioether (sulfide) groups is 1. The molecule has 0 unspecified atom stereocenters. The van der Waals surface area contributed by atoms with Crippen molar-refractivity contribution in [3.63, 3.8) is 0 Å². The minimum atomic E-state index is -1.84. The molecule has 94 valence electrons. The molecule has 1 atom stereocenters. The van der Waals surface area contributed by atoms with E-state index in [1.54, 1.807) is 27.7 Å². The van der Waals surface area contributed by atoms with Crippen molar-refractivity contribution in [2.24, 2.45) is 0 Å². The molecule has 0 radical (unpaired) electrons. The van der Waals surface area contributed by atoms with Crippen LogP contribution in [0, 0.1) is 0 Å². The minimum Gasteiger partial charge on any atom is -0.463 e. The molecule has 0 bridgehead atoms. The summed E-state index contributed by atoms with van der Waals surface area (Å²) in [7, 11) is 0. The predicted octanol–water partition coefficient (Wildman–Crippen LogP) is 1.92. The first-order chi connectivity index (χ1) is 7.26. The third-order valence-corrected chi connectivity index (χ3v) is 2.13. The Bertz CT molecular complexity index is 250. The highest BCUT2D eigenvalue weighted by Gasteiger charge is 2.22. The summed E-state index contributed by atoms with van der Waals surface area (Å²) < 4.78 is 22.5. The van der Waals surface area contributed by atoms with Crippen LogP contribution in [0.2, 0.25) is 0 Å². The summed E-state index contributed by atoms with van der Waals surface area (Å²) in [6, 6.07) is 0. The van der Waals surface area contributed by atoms with Crippen LogP contribution in [0.5, 0.6) is 0 Å². The quantitative estimate of drug-likeness (QED) is 0.700. The summed E-state index contributed by atoms with van der Waals surface area (Å²) in [5.41, 5.74) is -2.44. The van der Waals surface area contributed by atoms with Gasteiger partial charge >= 0.3 is 11.9 Å². The number of carbonyl (C=O) groups is 2. The Kier molecular flexibility index (Phi) is 6.40. The first-order valence-corrected chi connectivity index (χ1v) is 5.95. The van der Waals surface area contributed by atoms with Gasteiger partial charge in [0.1, 0.15) is 5.60 Å². The van der Waals surface area contributed by atoms with Crippen molar-refractivity contribution in [1.82, 2.24) is 0 Å². The molecule has 0 rings (SSSR count). The monoisotopic (exact) mass is 252 g/mol. The normalized spacial score (nSPS) is 13.1. The first kappa shape index (κ1) is 15.2. The highest BCUT2D eigenvalue weighted by atomic mass is 32.2. The van der Waals surface area contributed by atoms with E-state index in [1.807, 2.05) is 0 Å². The largest absolute Gasteiger partial charge is 0.463 e. The average Bonchev–Trinajstić information content (AvgIpc) is 2.11. The zero-order valence-electron chi connectivity index (χ0n) is 9.91. The van der Waals surface area contributed by atoms with Gasteiger partial charge in [0.2, 0.25) is 5.50 Å². The summed E-state index contributed by atoms with van der Waals surface area (Å²) in [5, 5.41) is 0. The van der Waals surface area contributed by atoms with Crippen molar-refractivity contribution < 1.29 is 23.5 Å². The Morgan fingerprint density at radius 3 is 2.38 bits per heavy atom. The zero-order valence-corrected chi connectivity index (χ0v) is 10.7. The number of esters is 2. The summed E-state index contributed by atoms with van der Waals surface area (Å²) in [4.78, 5) is 22.1. The lowest BCUT2D eigenvalue weighted by Crippen LogP contribution is -2.26. The number of hydrogen-bond acceptors (Lipinski definition) is 5. The smallest absolute Gasteiger partial charge is 0.351 e. The standard InChI is InChI=1S/C10H17FO4S/c1-5-14-9(13)8(11)16-6-7(12)15-10(2,3)4/h8H,5-6H2,1-4H3/t8-/m0/s1. The van der Waals surface area contributed by atoms with Gasteiger partial charge in [-0.25, -0.2) is 9.18 Å². The van der Waals surface area contributed by atoms with Gasteiger partial charge in [0.25, 0.3) is 0 Å². The van der Waals surface area contributed by atoms with E-state index in [1.165, 1.54) is 0 Å². The van der Waals surface area contributed by atoms with Crippen LogP contribution in [0.4, 0.5) is 4.39 Å². The van der Waals surface area contributed by atoms with Gasteiger partial charge in [-0.1, -0.05) is 0 Å². The van der Waals surface area contributed by atoms with Crippen molar-refractivity contribution in [3.8, 4) is 0 Å². The number of hydrogen-bond donors (Lipinski definition) is 0. The van der Waals surface area contributed by atoms with E-state index in [4.69, 9.17) is 4.74 Å². The maximum Gasteiger partial charge on any atom is 0.351 e. The molecule has 0 fully saturated rings. The van der Waals surface area contributed by atoms with E-state index in [0.29, 0.717) is 11.8 Å². The lowest BCUT2D eigenvalue weighted by Gasteiger charge is -2.19. The molecule has 0 spiro atoms. The fourth-order valence-corrected chi connectivity index (χ4v) is 1.33. The van der Waals surface area contributed by atoms with Gasteiger partial charge in [0, 0.05) is 0 Å². The van der Waals surface area contributed by atoms with Crippen LogP contribution in [0.1, 0.15) is 27.7 Å². The fourth-order valence-electron chi connectivity index (χ4n) is 0.788. The van der Waals surface area contributed by atoms with Crippen LogP contribution in [0.15, 0.2) is 0 Å². The lowest BCUT2D eigenvalue weighted by molar-refractivity contribution is -0.151. The van der Waals surface area contributed by atoms with Crippen LogP contribution in [0.25, 0.3) is 0 Å². The first-order valence-electron chi connectivity index (χ1n) is 4.90. The van der Waals surface area contributed by atoms with Crippen molar-refractivity contribution >= 4 is 23.7 Å². The molecule has 0 aromatic heterocycles. The van der Waals surface area contributed by atoms with Gasteiger partial charge in [0.15, 0.2) is 0 Å². The molecule has 0 aromatic carbocycles. The molecule has 0 amide bonds. The molecule has 0 saturated carbocycles. The fraction of sp³-hybridized carbons (Fsp3) is 0.800. The van der Waals surface area contributed by atoms with Gasteiger partial charge < -0.3 is 9.47 Å². The highest BCUT2D eigenvalue weighted by Crippen LogP contribution is 2.16. The van der Waals surface area contributed by atoms with E-state index in [2.05, 4.69) is 4.74 Å². The van der Waals surface area contributed by atoms with E-state index >= 15 is 0 Å². The molecule has 0 heterocycles. The zero-order chi connectivity index (χ0) is 12.8. The second-order valence-corrected chi connectivity index (χ2v) is 5.00. The molecule has 6 heteroatoms. The Balaban J connectivity index is 3.88. The SMILES string of the molecule is CCOC(=O)[C@@H](F)SCC(=O)OC(C)(C)C. The molecular weight excluding hydrogens is 235 g/mol. The number of alkyl halides is 1. The van der Waals surface area contributed by atoms with Crippen LogP contribution in [-0.4, -0.2) is 35.4 Å². The van der Waals surface area contributed by atoms with Gasteiger partial charge in [-0.2, -0.15) is 0 Å². The van der Waals surface area contributed by atoms with Crippen LogP contribution < -0.4 is 0 Å². The second kappa shape index (κ2) is 6.73. The molecule has 0 N–H and O–H groups in total. The summed E-state index contributed by atoms with van der Waals surface area (Å²) in [6.07, 6.45) is 0. The minimum absolute atomic E-state index is 0.117. The van der Waals surface area contributed by atoms with Crippen molar-refractivity contribution in [2.75, 3.05) is 12.4 Å². The van der Waals surface area contributed by atoms with Gasteiger partial charge in [-0.3, -0.25) is 4.79 Å². The number of carbonyl (C=O) groups excluding carboxylic acids is 2. The molecule has 0 aromatic rings. The highest BCUT2D eigenvalue weighted by molar-refractivity contribution is 8.01. The van der Waals surface area contributed by atoms with Gasteiger partial charge in [-0.15, -0.1) is 11.8 Å². The van der Waals surface area contributed by atoms with Crippen molar-refractivity contribution in [2.45, 2.75) is 38.8 Å². The van der Waals surface area contributed by atoms with Crippen molar-refractivity contribution in [1.29, 1.82) is 0 Å². The summed E-state index contributed by atoms with van der Waals surface area (Å²) in [6.45, 7) is 6.85. The maximum atomic E-state index is 13.1. The molecule has 0 aliphatic rings. The lowest BCUT2D eigenvalue weighted by atomic mass is 10.2. The predicted molar refractivity (Wildman–Crippen MR) is 59.8 cm³/mol. The van der Waals surface area contributed by atoms with Crippen LogP contribution in [0.3, 0.4) is 0 Å². The Morgan fingerprint density at radius 1 is 1.38 bits per heavy atom. The molecule has 4 nitrogen and oxygen atoms in total. The molecular formula is C10H17FO4S. The molecule has 0 aliphatic heterocycles. The summed E-state index contributed by atoms with van der Waals surface area (Å²) >= 11 is 0.558. The van der Waals surface area contributed by atoms with Crippen LogP contribution >= 0.6 is 11.8 Å². The average molecular weight is 252 g/mol. The van der Waals surface area contributed by atoms with Crippen molar-refractivity contribution in [3.05, 3.63) is 0 Å². The number of ether oxygens (including phenoxy) is 2. The Morgan fingerprint density at radius 2 is 1.94 bits per heavy atom. The maximum absolute atomic E-state index is 13.1. The van der Waals surface area contributed by atoms with Gasteiger partial charge in [0.05, 0.1) is 12.4 Å². The number of halogens is 1. The van der Waals surface area contributed by atoms with Crippen LogP contribution in [-0.2, 0) is 19.1 Å². The van der Waals surface area contributed by atoms with E-state index in [9.17, 15) is 14.0 Å². The third kappa shape index (κ3) is 7.50. The second-order valence-electron chi connectivity index (χ2n) is 3.97. The molecule has 0 saturated heterocycles. The Hall–Kier alpha value is -0.780. The third-order valence-electron chi connectivity index (χ3n) is 1.24. The van der Waals surface area contributed by atoms with E-state index in [-0.39, 0.29) is 12.4 Å².